The molecule has 0 aliphatic heterocycles. The minimum absolute atomic E-state index is 0.0622. The van der Waals surface area contributed by atoms with Crippen LogP contribution >= 0.6 is 0 Å². The van der Waals surface area contributed by atoms with Gasteiger partial charge in [0.1, 0.15) is 0 Å². The molecule has 0 aliphatic rings. The van der Waals surface area contributed by atoms with Crippen LogP contribution in [0.2, 0.25) is 0 Å². The maximum atomic E-state index is 12.5. The van der Waals surface area contributed by atoms with Crippen molar-refractivity contribution < 1.29 is 27.5 Å². The van der Waals surface area contributed by atoms with E-state index in [1.54, 1.807) is 0 Å². The molecular formula is C18H16F3NO3. The van der Waals surface area contributed by atoms with Crippen LogP contribution < -0.4 is 5.32 Å². The van der Waals surface area contributed by atoms with Gasteiger partial charge in [-0.2, -0.15) is 13.2 Å². The van der Waals surface area contributed by atoms with E-state index in [4.69, 9.17) is 4.74 Å². The lowest BCUT2D eigenvalue weighted by molar-refractivity contribution is -0.137. The summed E-state index contributed by atoms with van der Waals surface area (Å²) in [5.41, 5.74) is 1.44. The first kappa shape index (κ1) is 18.5. The van der Waals surface area contributed by atoms with Gasteiger partial charge in [-0.05, 0) is 49.2 Å². The summed E-state index contributed by atoms with van der Waals surface area (Å²) in [7, 11) is 0. The van der Waals surface area contributed by atoms with Crippen LogP contribution in [0.15, 0.2) is 42.5 Å². The van der Waals surface area contributed by atoms with E-state index in [1.165, 1.54) is 0 Å². The predicted molar refractivity (Wildman–Crippen MR) is 86.3 cm³/mol. The van der Waals surface area contributed by atoms with Crippen LogP contribution in [0.3, 0.4) is 0 Å². The van der Waals surface area contributed by atoms with Crippen LogP contribution in [0, 0.1) is 13.8 Å². The molecule has 0 unspecified atom stereocenters. The Morgan fingerprint density at radius 3 is 2.08 bits per heavy atom. The number of rotatable bonds is 4. The fourth-order valence-corrected chi connectivity index (χ4v) is 2.20. The third-order valence-electron chi connectivity index (χ3n) is 3.53. The zero-order valence-corrected chi connectivity index (χ0v) is 13.6. The maximum absolute atomic E-state index is 12.5. The maximum Gasteiger partial charge on any atom is 0.416 e. The molecule has 0 fully saturated rings. The topological polar surface area (TPSA) is 55.4 Å². The van der Waals surface area contributed by atoms with Crippen molar-refractivity contribution in [2.24, 2.45) is 0 Å². The van der Waals surface area contributed by atoms with Crippen molar-refractivity contribution in [3.63, 3.8) is 0 Å². The molecule has 7 heteroatoms. The molecule has 0 bridgehead atoms. The van der Waals surface area contributed by atoms with Crippen LogP contribution in [0.25, 0.3) is 0 Å². The molecule has 0 saturated carbocycles. The zero-order chi connectivity index (χ0) is 18.6. The van der Waals surface area contributed by atoms with E-state index in [0.717, 1.165) is 35.4 Å². The second kappa shape index (κ2) is 7.38. The largest absolute Gasteiger partial charge is 0.452 e. The SMILES string of the molecule is Cc1cccc(C)c1NC(=O)COC(=O)c1ccc(C(F)(F)F)cc1. The Kier molecular flexibility index (Phi) is 5.46. The van der Waals surface area contributed by atoms with Gasteiger partial charge in [-0.25, -0.2) is 4.79 Å². The molecule has 132 valence electrons. The number of esters is 1. The fourth-order valence-electron chi connectivity index (χ4n) is 2.20. The Bertz CT molecular complexity index is 763. The molecule has 1 N–H and O–H groups in total. The van der Waals surface area contributed by atoms with E-state index in [0.29, 0.717) is 5.69 Å². The van der Waals surface area contributed by atoms with Gasteiger partial charge in [0.15, 0.2) is 6.61 Å². The molecule has 4 nitrogen and oxygen atoms in total. The summed E-state index contributed by atoms with van der Waals surface area (Å²) in [6.07, 6.45) is -4.48. The highest BCUT2D eigenvalue weighted by Gasteiger charge is 2.30. The Morgan fingerprint density at radius 1 is 1.00 bits per heavy atom. The van der Waals surface area contributed by atoms with Crippen molar-refractivity contribution in [1.82, 2.24) is 0 Å². The van der Waals surface area contributed by atoms with Gasteiger partial charge in [-0.3, -0.25) is 4.79 Å². The van der Waals surface area contributed by atoms with Crippen LogP contribution in [0.5, 0.6) is 0 Å². The Morgan fingerprint density at radius 2 is 1.56 bits per heavy atom. The highest BCUT2D eigenvalue weighted by Crippen LogP contribution is 2.29. The second-order valence-electron chi connectivity index (χ2n) is 5.47. The Balaban J connectivity index is 1.94. The minimum atomic E-state index is -4.48. The number of aryl methyl sites for hydroxylation is 2. The van der Waals surface area contributed by atoms with Crippen molar-refractivity contribution in [3.05, 3.63) is 64.7 Å². The summed E-state index contributed by atoms with van der Waals surface area (Å²) in [4.78, 5) is 23.7. The third-order valence-corrected chi connectivity index (χ3v) is 3.53. The number of amides is 1. The van der Waals surface area contributed by atoms with E-state index in [-0.39, 0.29) is 5.56 Å². The molecule has 2 rings (SSSR count). The zero-order valence-electron chi connectivity index (χ0n) is 13.6. The molecule has 1 amide bonds. The second-order valence-corrected chi connectivity index (χ2v) is 5.47. The number of anilines is 1. The average Bonchev–Trinajstić information content (AvgIpc) is 2.55. The van der Waals surface area contributed by atoms with Gasteiger partial charge in [-0.15, -0.1) is 0 Å². The summed E-state index contributed by atoms with van der Waals surface area (Å²) in [6, 6.07) is 9.10. The van der Waals surface area contributed by atoms with Crippen molar-refractivity contribution in [3.8, 4) is 0 Å². The predicted octanol–water partition coefficient (Wildman–Crippen LogP) is 4.12. The molecule has 0 spiro atoms. The van der Waals surface area contributed by atoms with Gasteiger partial charge in [0, 0.05) is 5.69 Å². The number of carbonyl (C=O) groups is 2. The molecule has 0 aromatic heterocycles. The fraction of sp³-hybridized carbons (Fsp3) is 0.222. The standard InChI is InChI=1S/C18H16F3NO3/c1-11-4-3-5-12(2)16(11)22-15(23)10-25-17(24)13-6-8-14(9-7-13)18(19,20)21/h3-9H,10H2,1-2H3,(H,22,23). The number of alkyl halides is 3. The summed E-state index contributed by atoms with van der Waals surface area (Å²) in [6.45, 7) is 3.13. The molecule has 2 aromatic rings. The lowest BCUT2D eigenvalue weighted by Gasteiger charge is -2.12. The first-order valence-corrected chi connectivity index (χ1v) is 7.39. The molecule has 0 saturated heterocycles. The highest BCUT2D eigenvalue weighted by atomic mass is 19.4. The van der Waals surface area contributed by atoms with Gasteiger partial charge in [0.05, 0.1) is 11.1 Å². The molecule has 0 aliphatic carbocycles. The summed E-state index contributed by atoms with van der Waals surface area (Å²) in [5.74, 6) is -1.40. The van der Waals surface area contributed by atoms with Gasteiger partial charge in [0.25, 0.3) is 5.91 Å². The lowest BCUT2D eigenvalue weighted by Crippen LogP contribution is -2.22. The minimum Gasteiger partial charge on any atom is -0.452 e. The number of halogens is 3. The van der Waals surface area contributed by atoms with Gasteiger partial charge >= 0.3 is 12.1 Å². The highest BCUT2D eigenvalue weighted by molar-refractivity contribution is 5.96. The summed E-state index contributed by atoms with van der Waals surface area (Å²) < 4.78 is 42.3. The smallest absolute Gasteiger partial charge is 0.416 e. The summed E-state index contributed by atoms with van der Waals surface area (Å²) >= 11 is 0. The van der Waals surface area contributed by atoms with Gasteiger partial charge in [0.2, 0.25) is 0 Å². The van der Waals surface area contributed by atoms with Crippen LogP contribution in [-0.2, 0) is 15.7 Å². The Labute approximate surface area is 142 Å². The quantitative estimate of drug-likeness (QED) is 0.843. The number of benzene rings is 2. The normalized spacial score (nSPS) is 11.1. The van der Waals surface area contributed by atoms with Gasteiger partial charge < -0.3 is 10.1 Å². The van der Waals surface area contributed by atoms with E-state index in [9.17, 15) is 22.8 Å². The monoisotopic (exact) mass is 351 g/mol. The molecule has 0 heterocycles. The van der Waals surface area contributed by atoms with Crippen LogP contribution in [0.4, 0.5) is 18.9 Å². The molecule has 2 aromatic carbocycles. The number of hydrogen-bond acceptors (Lipinski definition) is 3. The van der Waals surface area contributed by atoms with E-state index < -0.39 is 30.2 Å². The average molecular weight is 351 g/mol. The lowest BCUT2D eigenvalue weighted by atomic mass is 10.1. The van der Waals surface area contributed by atoms with Crippen molar-refractivity contribution >= 4 is 17.6 Å². The molecule has 25 heavy (non-hydrogen) atoms. The first-order valence-electron chi connectivity index (χ1n) is 7.39. The Hall–Kier alpha value is -2.83. The number of ether oxygens (including phenoxy) is 1. The molecule has 0 radical (unpaired) electrons. The number of nitrogens with one attached hydrogen (secondary N) is 1. The van der Waals surface area contributed by atoms with Gasteiger partial charge in [-0.1, -0.05) is 18.2 Å². The van der Waals surface area contributed by atoms with Crippen molar-refractivity contribution in [2.45, 2.75) is 20.0 Å². The molecule has 0 atom stereocenters. The third kappa shape index (κ3) is 4.82. The van der Waals surface area contributed by atoms with Crippen LogP contribution in [-0.4, -0.2) is 18.5 Å². The number of para-hydroxylation sites is 1. The van der Waals surface area contributed by atoms with E-state index >= 15 is 0 Å². The van der Waals surface area contributed by atoms with E-state index in [1.807, 2.05) is 32.0 Å². The van der Waals surface area contributed by atoms with Crippen molar-refractivity contribution in [2.75, 3.05) is 11.9 Å². The molecular weight excluding hydrogens is 335 g/mol. The van der Waals surface area contributed by atoms with E-state index in [2.05, 4.69) is 5.32 Å². The summed E-state index contributed by atoms with van der Waals surface area (Å²) in [5, 5.41) is 2.65. The first-order chi connectivity index (χ1) is 11.7. The number of carbonyl (C=O) groups excluding carboxylic acids is 2. The van der Waals surface area contributed by atoms with Crippen molar-refractivity contribution in [1.29, 1.82) is 0 Å². The number of hydrogen-bond donors (Lipinski definition) is 1. The van der Waals surface area contributed by atoms with Crippen LogP contribution in [0.1, 0.15) is 27.0 Å².